The van der Waals surface area contributed by atoms with Gasteiger partial charge in [0.15, 0.2) is 0 Å². The highest BCUT2D eigenvalue weighted by molar-refractivity contribution is 5.89. The van der Waals surface area contributed by atoms with Gasteiger partial charge in [0.1, 0.15) is 11.1 Å². The molecule has 0 heterocycles. The number of nitrogens with two attached hydrogens (primary N) is 1. The Morgan fingerprint density at radius 1 is 1.25 bits per heavy atom. The van der Waals surface area contributed by atoms with Crippen LogP contribution < -0.4 is 11.1 Å². The van der Waals surface area contributed by atoms with Gasteiger partial charge in [-0.25, -0.2) is 4.79 Å². The van der Waals surface area contributed by atoms with E-state index in [0.717, 1.165) is 12.8 Å². The summed E-state index contributed by atoms with van der Waals surface area (Å²) in [5.41, 5.74) is 3.75. The minimum atomic E-state index is -0.984. The standard InChI is InChI=1S/C11H20N2O3/c1-10(2,3)16-9(15)13-11(4,8(12)14)7-5-6-7/h7H,5-6H2,1-4H3,(H2,12,14)(H,13,15)/t11-/m0/s1. The maximum Gasteiger partial charge on any atom is 0.408 e. The summed E-state index contributed by atoms with van der Waals surface area (Å²) in [4.78, 5) is 22.9. The molecule has 2 amide bonds. The largest absolute Gasteiger partial charge is 0.444 e. The third kappa shape index (κ3) is 3.12. The second-order valence-corrected chi connectivity index (χ2v) is 5.47. The van der Waals surface area contributed by atoms with Crippen LogP contribution in [-0.2, 0) is 9.53 Å². The number of carbonyl (C=O) groups excluding carboxylic acids is 2. The van der Waals surface area contributed by atoms with Gasteiger partial charge in [-0.2, -0.15) is 0 Å². The van der Waals surface area contributed by atoms with Crippen molar-refractivity contribution in [2.24, 2.45) is 11.7 Å². The molecule has 0 aromatic carbocycles. The van der Waals surface area contributed by atoms with Gasteiger partial charge < -0.3 is 15.8 Å². The Kier molecular flexibility index (Phi) is 3.17. The molecule has 0 radical (unpaired) electrons. The second kappa shape index (κ2) is 3.96. The average Bonchev–Trinajstić information content (AvgIpc) is 2.80. The van der Waals surface area contributed by atoms with E-state index in [2.05, 4.69) is 5.32 Å². The van der Waals surface area contributed by atoms with Gasteiger partial charge in [0.25, 0.3) is 0 Å². The Balaban J connectivity index is 2.63. The van der Waals surface area contributed by atoms with Crippen LogP contribution in [0.25, 0.3) is 0 Å². The van der Waals surface area contributed by atoms with Crippen molar-refractivity contribution in [3.8, 4) is 0 Å². The molecule has 5 nitrogen and oxygen atoms in total. The van der Waals surface area contributed by atoms with Crippen molar-refractivity contribution in [2.75, 3.05) is 0 Å². The van der Waals surface area contributed by atoms with Crippen molar-refractivity contribution in [2.45, 2.75) is 51.7 Å². The molecule has 1 fully saturated rings. The quantitative estimate of drug-likeness (QED) is 0.760. The summed E-state index contributed by atoms with van der Waals surface area (Å²) in [6, 6.07) is 0. The third-order valence-corrected chi connectivity index (χ3v) is 2.67. The zero-order valence-electron chi connectivity index (χ0n) is 10.3. The van der Waals surface area contributed by atoms with E-state index in [0.29, 0.717) is 0 Å². The number of hydrogen-bond donors (Lipinski definition) is 2. The molecular formula is C11H20N2O3. The summed E-state index contributed by atoms with van der Waals surface area (Å²) in [5.74, 6) is -0.377. The minimum Gasteiger partial charge on any atom is -0.444 e. The van der Waals surface area contributed by atoms with Gasteiger partial charge in [-0.05, 0) is 46.5 Å². The number of alkyl carbamates (subject to hydrolysis) is 1. The van der Waals surface area contributed by atoms with E-state index in [-0.39, 0.29) is 5.92 Å². The lowest BCUT2D eigenvalue weighted by atomic mass is 9.95. The summed E-state index contributed by atoms with van der Waals surface area (Å²) < 4.78 is 5.10. The monoisotopic (exact) mass is 228 g/mol. The first kappa shape index (κ1) is 12.8. The highest BCUT2D eigenvalue weighted by Gasteiger charge is 2.47. The van der Waals surface area contributed by atoms with Crippen molar-refractivity contribution in [1.82, 2.24) is 5.32 Å². The second-order valence-electron chi connectivity index (χ2n) is 5.47. The van der Waals surface area contributed by atoms with E-state index in [1.54, 1.807) is 27.7 Å². The zero-order valence-corrected chi connectivity index (χ0v) is 10.3. The normalized spacial score (nSPS) is 19.8. The first-order chi connectivity index (χ1) is 7.15. The van der Waals surface area contributed by atoms with E-state index in [9.17, 15) is 9.59 Å². The number of rotatable bonds is 3. The molecule has 92 valence electrons. The van der Waals surface area contributed by atoms with E-state index >= 15 is 0 Å². The number of primary amides is 1. The average molecular weight is 228 g/mol. The molecule has 0 aliphatic heterocycles. The Morgan fingerprint density at radius 3 is 2.06 bits per heavy atom. The Morgan fingerprint density at radius 2 is 1.75 bits per heavy atom. The molecule has 1 aliphatic rings. The number of carbonyl (C=O) groups is 2. The van der Waals surface area contributed by atoms with Crippen LogP contribution in [0.15, 0.2) is 0 Å². The fourth-order valence-electron chi connectivity index (χ4n) is 1.54. The number of ether oxygens (including phenoxy) is 1. The van der Waals surface area contributed by atoms with Crippen molar-refractivity contribution in [3.63, 3.8) is 0 Å². The van der Waals surface area contributed by atoms with Crippen LogP contribution in [0.4, 0.5) is 4.79 Å². The molecule has 1 rings (SSSR count). The van der Waals surface area contributed by atoms with E-state index < -0.39 is 23.1 Å². The van der Waals surface area contributed by atoms with Crippen LogP contribution in [0.3, 0.4) is 0 Å². The summed E-state index contributed by atoms with van der Waals surface area (Å²) in [5, 5.41) is 2.58. The molecule has 0 aromatic heterocycles. The molecular weight excluding hydrogens is 208 g/mol. The SMILES string of the molecule is CC(C)(C)OC(=O)N[C@](C)(C(N)=O)C1CC1. The first-order valence-corrected chi connectivity index (χ1v) is 5.46. The smallest absolute Gasteiger partial charge is 0.408 e. The highest BCUT2D eigenvalue weighted by Crippen LogP contribution is 2.39. The number of amides is 2. The van der Waals surface area contributed by atoms with Crippen molar-refractivity contribution in [3.05, 3.63) is 0 Å². The zero-order chi connectivity index (χ0) is 12.6. The molecule has 1 saturated carbocycles. The van der Waals surface area contributed by atoms with Crippen LogP contribution in [-0.4, -0.2) is 23.1 Å². The summed E-state index contributed by atoms with van der Waals surface area (Å²) in [7, 11) is 0. The molecule has 0 bridgehead atoms. The summed E-state index contributed by atoms with van der Waals surface area (Å²) in [6.45, 7) is 6.96. The number of hydrogen-bond acceptors (Lipinski definition) is 3. The molecule has 0 aromatic rings. The maximum absolute atomic E-state index is 11.6. The molecule has 16 heavy (non-hydrogen) atoms. The lowest BCUT2D eigenvalue weighted by Crippen LogP contribution is -2.57. The molecule has 3 N–H and O–H groups in total. The Bertz CT molecular complexity index is 305. The van der Waals surface area contributed by atoms with Crippen LogP contribution in [0, 0.1) is 5.92 Å². The van der Waals surface area contributed by atoms with Gasteiger partial charge in [-0.15, -0.1) is 0 Å². The fraction of sp³-hybridized carbons (Fsp3) is 0.818. The van der Waals surface area contributed by atoms with Crippen molar-refractivity contribution >= 4 is 12.0 Å². The van der Waals surface area contributed by atoms with E-state index in [1.165, 1.54) is 0 Å². The summed E-state index contributed by atoms with van der Waals surface area (Å²) >= 11 is 0. The van der Waals surface area contributed by atoms with Crippen LogP contribution >= 0.6 is 0 Å². The molecule has 0 spiro atoms. The van der Waals surface area contributed by atoms with Crippen molar-refractivity contribution < 1.29 is 14.3 Å². The topological polar surface area (TPSA) is 81.4 Å². The number of nitrogens with one attached hydrogen (secondary N) is 1. The predicted molar refractivity (Wildman–Crippen MR) is 59.7 cm³/mol. The lowest BCUT2D eigenvalue weighted by Gasteiger charge is -2.29. The molecule has 0 saturated heterocycles. The first-order valence-electron chi connectivity index (χ1n) is 5.46. The fourth-order valence-corrected chi connectivity index (χ4v) is 1.54. The predicted octanol–water partition coefficient (Wildman–Crippen LogP) is 1.17. The van der Waals surface area contributed by atoms with Crippen LogP contribution in [0.1, 0.15) is 40.5 Å². The van der Waals surface area contributed by atoms with Crippen LogP contribution in [0.2, 0.25) is 0 Å². The third-order valence-electron chi connectivity index (χ3n) is 2.67. The van der Waals surface area contributed by atoms with Gasteiger partial charge >= 0.3 is 6.09 Å². The van der Waals surface area contributed by atoms with E-state index in [1.807, 2.05) is 0 Å². The molecule has 1 aliphatic carbocycles. The van der Waals surface area contributed by atoms with E-state index in [4.69, 9.17) is 10.5 Å². The minimum absolute atomic E-state index is 0.137. The highest BCUT2D eigenvalue weighted by atomic mass is 16.6. The van der Waals surface area contributed by atoms with Gasteiger partial charge in [0.05, 0.1) is 0 Å². The molecule has 1 atom stereocenters. The maximum atomic E-state index is 11.6. The molecule has 5 heteroatoms. The van der Waals surface area contributed by atoms with Crippen LogP contribution in [0.5, 0.6) is 0 Å². The van der Waals surface area contributed by atoms with Gasteiger partial charge in [-0.3, -0.25) is 4.79 Å². The van der Waals surface area contributed by atoms with Gasteiger partial charge in [0.2, 0.25) is 5.91 Å². The van der Waals surface area contributed by atoms with Crippen molar-refractivity contribution in [1.29, 1.82) is 0 Å². The Labute approximate surface area is 95.7 Å². The molecule has 0 unspecified atom stereocenters. The summed E-state index contributed by atoms with van der Waals surface area (Å²) in [6.07, 6.45) is 1.23. The lowest BCUT2D eigenvalue weighted by molar-refractivity contribution is -0.124. The Hall–Kier alpha value is -1.26. The van der Waals surface area contributed by atoms with Gasteiger partial charge in [-0.1, -0.05) is 0 Å². The van der Waals surface area contributed by atoms with Gasteiger partial charge in [0, 0.05) is 0 Å².